The Morgan fingerprint density at radius 1 is 1.38 bits per heavy atom. The molecule has 0 saturated carbocycles. The lowest BCUT2D eigenvalue weighted by atomic mass is 10.5. The highest BCUT2D eigenvalue weighted by Crippen LogP contribution is 1.57. The van der Waals surface area contributed by atoms with Gasteiger partial charge in [0.2, 0.25) is 0 Å². The van der Waals surface area contributed by atoms with Gasteiger partial charge in [-0.2, -0.15) is 0 Å². The van der Waals surface area contributed by atoms with E-state index in [1.807, 2.05) is 19.1 Å². The highest BCUT2D eigenvalue weighted by Gasteiger charge is 1.51. The molecule has 0 rings (SSSR count). The average molecular weight is 164 g/mol. The van der Waals surface area contributed by atoms with Crippen molar-refractivity contribution in [2.45, 2.75) is 6.92 Å². The van der Waals surface area contributed by atoms with Crippen LogP contribution in [0.5, 0.6) is 0 Å². The molecule has 0 atom stereocenters. The van der Waals surface area contributed by atoms with Gasteiger partial charge in [0.05, 0.1) is 0 Å². The van der Waals surface area contributed by atoms with E-state index in [0.29, 0.717) is 6.54 Å². The summed E-state index contributed by atoms with van der Waals surface area (Å²) in [6.07, 6.45) is 3.83. The molecule has 0 radical (unpaired) electrons. The van der Waals surface area contributed by atoms with Gasteiger partial charge in [-0.15, -0.1) is 24.8 Å². The fourth-order valence-corrected chi connectivity index (χ4v) is 0.136. The molecule has 0 amide bonds. The van der Waals surface area contributed by atoms with Crippen LogP contribution in [-0.2, 0) is 0 Å². The van der Waals surface area contributed by atoms with Crippen molar-refractivity contribution in [2.75, 3.05) is 6.54 Å². The summed E-state index contributed by atoms with van der Waals surface area (Å²) in [5.74, 6) is 0. The van der Waals surface area contributed by atoms with Gasteiger partial charge in [0, 0.05) is 6.54 Å². The molecule has 0 fully saturated rings. The second-order valence-corrected chi connectivity index (χ2v) is 0.805. The SMILES string of the molecule is CC=CCN.Cl.Cl.F. The topological polar surface area (TPSA) is 26.0 Å². The zero-order valence-corrected chi connectivity index (χ0v) is 6.30. The maximum atomic E-state index is 5.05. The van der Waals surface area contributed by atoms with E-state index in [-0.39, 0.29) is 29.5 Å². The normalized spacial score (nSPS) is 6.25. The third-order valence-electron chi connectivity index (χ3n) is 0.372. The van der Waals surface area contributed by atoms with Crippen molar-refractivity contribution in [1.29, 1.82) is 0 Å². The molecule has 0 aliphatic heterocycles. The summed E-state index contributed by atoms with van der Waals surface area (Å²) in [6.45, 7) is 2.61. The third-order valence-corrected chi connectivity index (χ3v) is 0.372. The molecular weight excluding hydrogens is 152 g/mol. The second-order valence-electron chi connectivity index (χ2n) is 0.805. The van der Waals surface area contributed by atoms with Crippen molar-refractivity contribution < 1.29 is 4.70 Å². The van der Waals surface area contributed by atoms with Crippen LogP contribution in [0.25, 0.3) is 0 Å². The summed E-state index contributed by atoms with van der Waals surface area (Å²) < 4.78 is 0. The number of hydrogen-bond donors (Lipinski definition) is 1. The van der Waals surface area contributed by atoms with Gasteiger partial charge in [-0.3, -0.25) is 4.70 Å². The van der Waals surface area contributed by atoms with Gasteiger partial charge in [-0.05, 0) is 6.92 Å². The summed E-state index contributed by atoms with van der Waals surface area (Å²) in [5.41, 5.74) is 5.05. The van der Waals surface area contributed by atoms with E-state index in [2.05, 4.69) is 0 Å². The van der Waals surface area contributed by atoms with Crippen molar-refractivity contribution in [3.05, 3.63) is 12.2 Å². The Bertz CT molecular complexity index is 41.0. The predicted molar refractivity (Wildman–Crippen MR) is 40.9 cm³/mol. The average Bonchev–Trinajstić information content (AvgIpc) is 1.41. The molecule has 0 bridgehead atoms. The summed E-state index contributed by atoms with van der Waals surface area (Å²) in [4.78, 5) is 0. The highest BCUT2D eigenvalue weighted by molar-refractivity contribution is 5.85. The van der Waals surface area contributed by atoms with E-state index in [1.165, 1.54) is 0 Å². The van der Waals surface area contributed by atoms with Crippen LogP contribution in [0.3, 0.4) is 0 Å². The fraction of sp³-hybridized carbons (Fsp3) is 0.500. The molecule has 4 heteroatoms. The van der Waals surface area contributed by atoms with Gasteiger partial charge in [0.1, 0.15) is 0 Å². The van der Waals surface area contributed by atoms with Crippen LogP contribution in [0.1, 0.15) is 6.92 Å². The van der Waals surface area contributed by atoms with Gasteiger partial charge in [0.15, 0.2) is 0 Å². The van der Waals surface area contributed by atoms with Crippen molar-refractivity contribution >= 4 is 24.8 Å². The van der Waals surface area contributed by atoms with Crippen molar-refractivity contribution in [2.24, 2.45) is 5.73 Å². The minimum atomic E-state index is 0. The molecule has 0 aromatic rings. The predicted octanol–water partition coefficient (Wildman–Crippen LogP) is 1.52. The van der Waals surface area contributed by atoms with E-state index >= 15 is 0 Å². The van der Waals surface area contributed by atoms with Crippen molar-refractivity contribution in [3.8, 4) is 0 Å². The lowest BCUT2D eigenvalue weighted by Crippen LogP contribution is -1.90. The second kappa shape index (κ2) is 27.0. The standard InChI is InChI=1S/C4H9N.2ClH.FH/c1-2-3-4-5;;;/h2-3H,4-5H2,1H3;3*1H. The van der Waals surface area contributed by atoms with Crippen LogP contribution in [0.4, 0.5) is 4.70 Å². The molecule has 0 aromatic carbocycles. The number of nitrogens with two attached hydrogens (primary N) is 1. The first-order valence-electron chi connectivity index (χ1n) is 1.73. The maximum Gasteiger partial charge on any atom is 0.0106 e. The van der Waals surface area contributed by atoms with Crippen molar-refractivity contribution in [1.82, 2.24) is 0 Å². The van der Waals surface area contributed by atoms with Gasteiger partial charge >= 0.3 is 0 Å². The van der Waals surface area contributed by atoms with Gasteiger partial charge in [0.25, 0.3) is 0 Å². The van der Waals surface area contributed by atoms with Gasteiger partial charge in [-0.1, -0.05) is 12.2 Å². The molecule has 2 N–H and O–H groups in total. The van der Waals surface area contributed by atoms with E-state index in [1.54, 1.807) is 0 Å². The molecule has 0 aromatic heterocycles. The lowest BCUT2D eigenvalue weighted by Gasteiger charge is -1.67. The third kappa shape index (κ3) is 34.5. The highest BCUT2D eigenvalue weighted by atomic mass is 35.5. The van der Waals surface area contributed by atoms with Crippen LogP contribution < -0.4 is 5.73 Å². The number of rotatable bonds is 1. The zero-order chi connectivity index (χ0) is 4.12. The van der Waals surface area contributed by atoms with Crippen LogP contribution in [0.15, 0.2) is 12.2 Å². The minimum absolute atomic E-state index is 0. The summed E-state index contributed by atoms with van der Waals surface area (Å²) in [6, 6.07) is 0. The smallest absolute Gasteiger partial charge is 0.0106 e. The Morgan fingerprint density at radius 2 is 1.75 bits per heavy atom. The lowest BCUT2D eigenvalue weighted by molar-refractivity contribution is 1.11. The molecule has 0 heterocycles. The number of hydrogen-bond acceptors (Lipinski definition) is 1. The Kier molecular flexibility index (Phi) is 81.2. The van der Waals surface area contributed by atoms with E-state index < -0.39 is 0 Å². The Hall–Kier alpha value is 0.210. The van der Waals surface area contributed by atoms with Crippen LogP contribution in [-0.4, -0.2) is 6.54 Å². The van der Waals surface area contributed by atoms with Gasteiger partial charge in [-0.25, -0.2) is 0 Å². The first-order valence-corrected chi connectivity index (χ1v) is 1.73. The molecule has 8 heavy (non-hydrogen) atoms. The van der Waals surface area contributed by atoms with Crippen LogP contribution >= 0.6 is 24.8 Å². The molecule has 0 aliphatic carbocycles. The Balaban J connectivity index is -0.0000000267. The van der Waals surface area contributed by atoms with Crippen LogP contribution in [0.2, 0.25) is 0 Å². The summed E-state index contributed by atoms with van der Waals surface area (Å²) >= 11 is 0. The Morgan fingerprint density at radius 3 is 1.75 bits per heavy atom. The first-order chi connectivity index (χ1) is 2.41. The largest absolute Gasteiger partial charge is 0.327 e. The maximum absolute atomic E-state index is 5.05. The van der Waals surface area contributed by atoms with Crippen molar-refractivity contribution in [3.63, 3.8) is 0 Å². The number of halogens is 3. The minimum Gasteiger partial charge on any atom is -0.327 e. The molecule has 54 valence electrons. The molecule has 0 aliphatic rings. The number of allylic oxidation sites excluding steroid dienone is 1. The zero-order valence-electron chi connectivity index (χ0n) is 4.66. The van der Waals surface area contributed by atoms with E-state index in [9.17, 15) is 0 Å². The fourth-order valence-electron chi connectivity index (χ4n) is 0.136. The van der Waals surface area contributed by atoms with Gasteiger partial charge < -0.3 is 5.73 Å². The quantitative estimate of drug-likeness (QED) is 0.584. The monoisotopic (exact) mass is 163 g/mol. The molecule has 0 unspecified atom stereocenters. The molecular formula is C4H12Cl2FN. The summed E-state index contributed by atoms with van der Waals surface area (Å²) in [7, 11) is 0. The molecule has 0 spiro atoms. The van der Waals surface area contributed by atoms with E-state index in [0.717, 1.165) is 0 Å². The first kappa shape index (κ1) is 24.1. The molecule has 1 nitrogen and oxygen atoms in total. The summed E-state index contributed by atoms with van der Waals surface area (Å²) in [5, 5.41) is 0. The van der Waals surface area contributed by atoms with Crippen LogP contribution in [0, 0.1) is 0 Å². The van der Waals surface area contributed by atoms with E-state index in [4.69, 9.17) is 5.73 Å². The molecule has 0 saturated heterocycles. The Labute approximate surface area is 61.5 Å².